The molecular formula is C20H23NO9. The topological polar surface area (TPSA) is 170 Å². The first-order valence-electron chi connectivity index (χ1n) is 9.00. The van der Waals surface area contributed by atoms with Crippen molar-refractivity contribution in [1.29, 1.82) is 5.26 Å². The molecule has 162 valence electrons. The van der Waals surface area contributed by atoms with Crippen LogP contribution >= 0.6 is 0 Å². The van der Waals surface area contributed by atoms with Crippen LogP contribution in [0.3, 0.4) is 0 Å². The molecule has 10 heteroatoms. The van der Waals surface area contributed by atoms with Crippen molar-refractivity contribution in [3.63, 3.8) is 0 Å². The van der Waals surface area contributed by atoms with Crippen LogP contribution in [-0.2, 0) is 19.0 Å². The van der Waals surface area contributed by atoms with Crippen LogP contribution < -0.4 is 0 Å². The van der Waals surface area contributed by atoms with E-state index in [1.807, 2.05) is 6.07 Å². The standard InChI is InChI=1S/C20H23NO9/c21-9-13(11-29-16(24)6-3-12-1-4-14(23)5-2-12)7-8-28-20-19(27)18(26)17(25)15(10-22)30-20/h1-7,15,17-20,22-23,25-27H,8,10-11H2. The van der Waals surface area contributed by atoms with E-state index in [9.17, 15) is 25.2 Å². The molecule has 5 N–H and O–H groups in total. The summed E-state index contributed by atoms with van der Waals surface area (Å²) in [6, 6.07) is 7.99. The first kappa shape index (κ1) is 23.5. The summed E-state index contributed by atoms with van der Waals surface area (Å²) in [6.45, 7) is -1.11. The number of aliphatic hydroxyl groups excluding tert-OH is 4. The summed E-state index contributed by atoms with van der Waals surface area (Å²) < 4.78 is 15.4. The van der Waals surface area contributed by atoms with Gasteiger partial charge in [-0.05, 0) is 29.8 Å². The van der Waals surface area contributed by atoms with Crippen molar-refractivity contribution in [1.82, 2.24) is 0 Å². The summed E-state index contributed by atoms with van der Waals surface area (Å²) in [5.74, 6) is -0.580. The number of aliphatic hydroxyl groups is 4. The molecule has 0 aromatic heterocycles. The Hall–Kier alpha value is -2.78. The van der Waals surface area contributed by atoms with E-state index in [-0.39, 0.29) is 24.5 Å². The monoisotopic (exact) mass is 421 g/mol. The molecule has 2 rings (SSSR count). The van der Waals surface area contributed by atoms with E-state index in [0.717, 1.165) is 0 Å². The summed E-state index contributed by atoms with van der Waals surface area (Å²) in [5, 5.41) is 56.7. The largest absolute Gasteiger partial charge is 0.508 e. The molecule has 0 spiro atoms. The number of phenolic OH excluding ortho intramolecular Hbond substituents is 1. The van der Waals surface area contributed by atoms with Gasteiger partial charge < -0.3 is 39.7 Å². The van der Waals surface area contributed by atoms with E-state index >= 15 is 0 Å². The minimum Gasteiger partial charge on any atom is -0.508 e. The van der Waals surface area contributed by atoms with E-state index < -0.39 is 43.3 Å². The van der Waals surface area contributed by atoms with Crippen molar-refractivity contribution in [2.75, 3.05) is 19.8 Å². The first-order valence-corrected chi connectivity index (χ1v) is 9.00. The molecule has 0 saturated carbocycles. The number of nitrogens with zero attached hydrogens (tertiary/aromatic N) is 1. The zero-order valence-corrected chi connectivity index (χ0v) is 15.9. The quantitative estimate of drug-likeness (QED) is 0.204. The van der Waals surface area contributed by atoms with Gasteiger partial charge in [-0.1, -0.05) is 12.1 Å². The van der Waals surface area contributed by atoms with Crippen LogP contribution in [0.15, 0.2) is 42.0 Å². The zero-order chi connectivity index (χ0) is 22.1. The van der Waals surface area contributed by atoms with Crippen LogP contribution in [0.4, 0.5) is 0 Å². The number of carbonyl (C=O) groups excluding carboxylic acids is 1. The lowest BCUT2D eigenvalue weighted by Gasteiger charge is -2.39. The van der Waals surface area contributed by atoms with Crippen molar-refractivity contribution in [2.24, 2.45) is 0 Å². The van der Waals surface area contributed by atoms with Gasteiger partial charge in [0.05, 0.1) is 24.9 Å². The number of aromatic hydroxyl groups is 1. The minimum atomic E-state index is -1.57. The lowest BCUT2D eigenvalue weighted by Crippen LogP contribution is -2.59. The summed E-state index contributed by atoms with van der Waals surface area (Å²) in [4.78, 5) is 11.7. The summed E-state index contributed by atoms with van der Waals surface area (Å²) in [6.07, 6.45) is -3.08. The molecule has 1 saturated heterocycles. The Bertz CT molecular complexity index is 797. The highest BCUT2D eigenvalue weighted by Gasteiger charge is 2.43. The van der Waals surface area contributed by atoms with Crippen molar-refractivity contribution < 1.29 is 44.5 Å². The Kier molecular flexibility index (Phi) is 8.94. The highest BCUT2D eigenvalue weighted by molar-refractivity contribution is 5.87. The molecule has 1 heterocycles. The van der Waals surface area contributed by atoms with Gasteiger partial charge in [-0.15, -0.1) is 0 Å². The third kappa shape index (κ3) is 6.64. The molecule has 30 heavy (non-hydrogen) atoms. The highest BCUT2D eigenvalue weighted by atomic mass is 16.7. The maximum absolute atomic E-state index is 11.7. The smallest absolute Gasteiger partial charge is 0.331 e. The van der Waals surface area contributed by atoms with Gasteiger partial charge in [0, 0.05) is 6.08 Å². The Morgan fingerprint density at radius 1 is 1.17 bits per heavy atom. The number of carbonyl (C=O) groups is 1. The second-order valence-electron chi connectivity index (χ2n) is 6.40. The lowest BCUT2D eigenvalue weighted by molar-refractivity contribution is -0.298. The third-order valence-electron chi connectivity index (χ3n) is 4.26. The second-order valence-corrected chi connectivity index (χ2v) is 6.40. The van der Waals surface area contributed by atoms with Gasteiger partial charge in [0.2, 0.25) is 0 Å². The lowest BCUT2D eigenvalue weighted by atomic mass is 9.99. The van der Waals surface area contributed by atoms with Gasteiger partial charge in [0.25, 0.3) is 0 Å². The summed E-state index contributed by atoms with van der Waals surface area (Å²) in [5.41, 5.74) is 0.750. The van der Waals surface area contributed by atoms with Crippen molar-refractivity contribution in [3.05, 3.63) is 47.6 Å². The van der Waals surface area contributed by atoms with Gasteiger partial charge in [-0.2, -0.15) is 5.26 Å². The molecule has 10 nitrogen and oxygen atoms in total. The normalized spacial score (nSPS) is 27.0. The maximum atomic E-state index is 11.7. The molecule has 0 amide bonds. The molecular weight excluding hydrogens is 398 g/mol. The summed E-state index contributed by atoms with van der Waals surface area (Å²) >= 11 is 0. The van der Waals surface area contributed by atoms with Crippen LogP contribution in [0, 0.1) is 11.3 Å². The van der Waals surface area contributed by atoms with E-state index in [2.05, 4.69) is 0 Å². The van der Waals surface area contributed by atoms with Crippen LogP contribution in [0.25, 0.3) is 6.08 Å². The maximum Gasteiger partial charge on any atom is 0.331 e. The molecule has 0 aliphatic carbocycles. The number of ether oxygens (including phenoxy) is 3. The average molecular weight is 421 g/mol. The number of nitriles is 1. The van der Waals surface area contributed by atoms with Crippen LogP contribution in [0.2, 0.25) is 0 Å². The Morgan fingerprint density at radius 2 is 1.87 bits per heavy atom. The van der Waals surface area contributed by atoms with E-state index in [0.29, 0.717) is 5.56 Å². The number of benzene rings is 1. The SMILES string of the molecule is N#CC(=CCOC1OC(CO)C(O)C(O)C1O)COC(=O)C=Cc1ccc(O)cc1. The average Bonchev–Trinajstić information content (AvgIpc) is 2.75. The Labute approximate surface area is 172 Å². The van der Waals surface area contributed by atoms with Crippen LogP contribution in [0.1, 0.15) is 5.56 Å². The predicted octanol–water partition coefficient (Wildman–Crippen LogP) is -0.785. The molecule has 1 aromatic carbocycles. The van der Waals surface area contributed by atoms with Crippen molar-refractivity contribution in [2.45, 2.75) is 30.7 Å². The van der Waals surface area contributed by atoms with Gasteiger partial charge in [0.15, 0.2) is 6.29 Å². The predicted molar refractivity (Wildman–Crippen MR) is 102 cm³/mol. The molecule has 1 fully saturated rings. The molecule has 1 aliphatic rings. The molecule has 1 aliphatic heterocycles. The van der Waals surface area contributed by atoms with Gasteiger partial charge >= 0.3 is 5.97 Å². The summed E-state index contributed by atoms with van der Waals surface area (Å²) in [7, 11) is 0. The second kappa shape index (κ2) is 11.4. The van der Waals surface area contributed by atoms with Crippen molar-refractivity contribution in [3.8, 4) is 11.8 Å². The molecule has 0 radical (unpaired) electrons. The number of hydrogen-bond donors (Lipinski definition) is 5. The van der Waals surface area contributed by atoms with Crippen LogP contribution in [-0.4, -0.2) is 82.0 Å². The highest BCUT2D eigenvalue weighted by Crippen LogP contribution is 2.22. The number of esters is 1. The van der Waals surface area contributed by atoms with Crippen LogP contribution in [0.5, 0.6) is 5.75 Å². The third-order valence-corrected chi connectivity index (χ3v) is 4.26. The molecule has 5 atom stereocenters. The van der Waals surface area contributed by atoms with E-state index in [1.165, 1.54) is 30.4 Å². The van der Waals surface area contributed by atoms with Gasteiger partial charge in [-0.25, -0.2) is 4.79 Å². The zero-order valence-electron chi connectivity index (χ0n) is 15.9. The first-order chi connectivity index (χ1) is 14.3. The molecule has 5 unspecified atom stereocenters. The fourth-order valence-corrected chi connectivity index (χ4v) is 2.53. The molecule has 1 aromatic rings. The van der Waals surface area contributed by atoms with Gasteiger partial charge in [-0.3, -0.25) is 0 Å². The Morgan fingerprint density at radius 3 is 2.50 bits per heavy atom. The fourth-order valence-electron chi connectivity index (χ4n) is 2.53. The Balaban J connectivity index is 1.82. The van der Waals surface area contributed by atoms with Gasteiger partial charge in [0.1, 0.15) is 36.8 Å². The van der Waals surface area contributed by atoms with Crippen molar-refractivity contribution >= 4 is 12.0 Å². The van der Waals surface area contributed by atoms with E-state index in [1.54, 1.807) is 12.1 Å². The number of hydrogen-bond acceptors (Lipinski definition) is 10. The number of phenols is 1. The number of rotatable bonds is 8. The fraction of sp³-hybridized carbons (Fsp3) is 0.400. The molecule has 0 bridgehead atoms. The van der Waals surface area contributed by atoms with E-state index in [4.69, 9.17) is 24.6 Å². The minimum absolute atomic E-state index is 0.0750.